The van der Waals surface area contributed by atoms with Crippen molar-refractivity contribution in [2.45, 2.75) is 20.3 Å². The second-order valence-corrected chi connectivity index (χ2v) is 4.97. The Hall–Kier alpha value is -2.62. The minimum absolute atomic E-state index is 0.000167. The molecular weight excluding hydrogens is 278 g/mol. The molecule has 0 radical (unpaired) electrons. The van der Waals surface area contributed by atoms with Crippen molar-refractivity contribution in [3.8, 4) is 5.75 Å². The van der Waals surface area contributed by atoms with Gasteiger partial charge in [0.1, 0.15) is 5.75 Å². The lowest BCUT2D eigenvalue weighted by molar-refractivity contribution is -0.118. The number of hydrogen-bond donors (Lipinski definition) is 1. The predicted octanol–water partition coefficient (Wildman–Crippen LogP) is 3.47. The molecule has 114 valence electrons. The van der Waals surface area contributed by atoms with Gasteiger partial charge in [0.25, 0.3) is 5.91 Å². The number of Topliss-reactive ketones (excluding diaryl/α,β-unsaturated/α-hetero) is 1. The van der Waals surface area contributed by atoms with Gasteiger partial charge in [-0.3, -0.25) is 9.59 Å². The largest absolute Gasteiger partial charge is 0.484 e. The van der Waals surface area contributed by atoms with Crippen LogP contribution in [0.15, 0.2) is 48.5 Å². The van der Waals surface area contributed by atoms with E-state index in [4.69, 9.17) is 4.74 Å². The molecule has 0 saturated heterocycles. The van der Waals surface area contributed by atoms with Crippen molar-refractivity contribution in [3.63, 3.8) is 0 Å². The fourth-order valence-corrected chi connectivity index (χ4v) is 1.96. The molecule has 0 heterocycles. The van der Waals surface area contributed by atoms with E-state index in [2.05, 4.69) is 12.2 Å². The number of aryl methyl sites for hydroxylation is 1. The Kier molecular flexibility index (Phi) is 5.31. The Bertz CT molecular complexity index is 645. The predicted molar refractivity (Wildman–Crippen MR) is 86.4 cm³/mol. The zero-order valence-electron chi connectivity index (χ0n) is 12.8. The molecule has 0 bridgehead atoms. The molecule has 0 aliphatic heterocycles. The van der Waals surface area contributed by atoms with E-state index in [9.17, 15) is 9.59 Å². The van der Waals surface area contributed by atoms with Crippen molar-refractivity contribution < 1.29 is 14.3 Å². The first kappa shape index (κ1) is 15.8. The Morgan fingerprint density at radius 1 is 1.00 bits per heavy atom. The second kappa shape index (κ2) is 7.41. The molecule has 2 aromatic carbocycles. The number of benzene rings is 2. The van der Waals surface area contributed by atoms with E-state index in [-0.39, 0.29) is 18.3 Å². The molecule has 0 spiro atoms. The molecule has 4 nitrogen and oxygen atoms in total. The lowest BCUT2D eigenvalue weighted by Crippen LogP contribution is -2.20. The van der Waals surface area contributed by atoms with Gasteiger partial charge in [-0.2, -0.15) is 0 Å². The summed E-state index contributed by atoms with van der Waals surface area (Å²) in [5.41, 5.74) is 2.59. The third-order valence-corrected chi connectivity index (χ3v) is 3.28. The average molecular weight is 297 g/mol. The summed E-state index contributed by atoms with van der Waals surface area (Å²) < 4.78 is 5.40. The number of carbonyl (C=O) groups excluding carboxylic acids is 2. The van der Waals surface area contributed by atoms with Crippen molar-refractivity contribution in [2.24, 2.45) is 0 Å². The van der Waals surface area contributed by atoms with Crippen LogP contribution in [0.4, 0.5) is 5.69 Å². The van der Waals surface area contributed by atoms with Gasteiger partial charge in [0.15, 0.2) is 12.4 Å². The normalized spacial score (nSPS) is 10.1. The van der Waals surface area contributed by atoms with Crippen LogP contribution in [-0.4, -0.2) is 18.3 Å². The van der Waals surface area contributed by atoms with Gasteiger partial charge in [-0.25, -0.2) is 0 Å². The van der Waals surface area contributed by atoms with Crippen LogP contribution >= 0.6 is 0 Å². The fraction of sp³-hybridized carbons (Fsp3) is 0.222. The van der Waals surface area contributed by atoms with Crippen LogP contribution < -0.4 is 10.1 Å². The van der Waals surface area contributed by atoms with Crippen molar-refractivity contribution in [1.82, 2.24) is 0 Å². The van der Waals surface area contributed by atoms with Crippen LogP contribution in [0.3, 0.4) is 0 Å². The quantitative estimate of drug-likeness (QED) is 0.831. The average Bonchev–Trinajstić information content (AvgIpc) is 2.54. The molecule has 0 atom stereocenters. The van der Waals surface area contributed by atoms with Gasteiger partial charge >= 0.3 is 0 Å². The second-order valence-electron chi connectivity index (χ2n) is 4.97. The molecule has 0 unspecified atom stereocenters. The first-order valence-corrected chi connectivity index (χ1v) is 7.21. The summed E-state index contributed by atoms with van der Waals surface area (Å²) >= 11 is 0. The SMILES string of the molecule is CCc1ccc(NC(=O)COc2ccc(C(C)=O)cc2)cc1. The third-order valence-electron chi connectivity index (χ3n) is 3.28. The number of hydrogen-bond acceptors (Lipinski definition) is 3. The van der Waals surface area contributed by atoms with Gasteiger partial charge in [-0.05, 0) is 55.3 Å². The van der Waals surface area contributed by atoms with Crippen molar-refractivity contribution in [1.29, 1.82) is 0 Å². The molecule has 0 aromatic heterocycles. The van der Waals surface area contributed by atoms with Crippen LogP contribution in [0, 0.1) is 0 Å². The molecule has 22 heavy (non-hydrogen) atoms. The molecule has 2 aromatic rings. The molecule has 1 N–H and O–H groups in total. The monoisotopic (exact) mass is 297 g/mol. The minimum Gasteiger partial charge on any atom is -0.484 e. The highest BCUT2D eigenvalue weighted by Crippen LogP contribution is 2.13. The summed E-state index contributed by atoms with van der Waals surface area (Å²) in [5, 5.41) is 2.78. The lowest BCUT2D eigenvalue weighted by Gasteiger charge is -2.08. The van der Waals surface area contributed by atoms with E-state index >= 15 is 0 Å². The lowest BCUT2D eigenvalue weighted by atomic mass is 10.1. The van der Waals surface area contributed by atoms with Crippen molar-refractivity contribution in [2.75, 3.05) is 11.9 Å². The van der Waals surface area contributed by atoms with E-state index in [1.807, 2.05) is 24.3 Å². The fourth-order valence-electron chi connectivity index (χ4n) is 1.96. The van der Waals surface area contributed by atoms with E-state index in [1.54, 1.807) is 24.3 Å². The zero-order chi connectivity index (χ0) is 15.9. The molecule has 0 fully saturated rings. The molecule has 0 saturated carbocycles. The number of ketones is 1. The number of amides is 1. The molecular formula is C18H19NO3. The van der Waals surface area contributed by atoms with Gasteiger partial charge in [0, 0.05) is 11.3 Å². The molecule has 1 amide bonds. The number of rotatable bonds is 6. The van der Waals surface area contributed by atoms with E-state index < -0.39 is 0 Å². The first-order chi connectivity index (χ1) is 10.6. The van der Waals surface area contributed by atoms with Crippen LogP contribution in [0.1, 0.15) is 29.8 Å². The van der Waals surface area contributed by atoms with E-state index in [0.717, 1.165) is 12.1 Å². The van der Waals surface area contributed by atoms with Gasteiger partial charge in [-0.1, -0.05) is 19.1 Å². The third kappa shape index (κ3) is 4.45. The summed E-state index contributed by atoms with van der Waals surface area (Å²) in [7, 11) is 0. The van der Waals surface area contributed by atoms with Gasteiger partial charge in [0.2, 0.25) is 0 Å². The highest BCUT2D eigenvalue weighted by Gasteiger charge is 2.05. The molecule has 2 rings (SSSR count). The zero-order valence-corrected chi connectivity index (χ0v) is 12.8. The smallest absolute Gasteiger partial charge is 0.262 e. The Labute approximate surface area is 130 Å². The maximum absolute atomic E-state index is 11.8. The molecule has 4 heteroatoms. The van der Waals surface area contributed by atoms with E-state index in [0.29, 0.717) is 11.3 Å². The van der Waals surface area contributed by atoms with Gasteiger partial charge in [-0.15, -0.1) is 0 Å². The van der Waals surface area contributed by atoms with Crippen LogP contribution in [0.5, 0.6) is 5.75 Å². The highest BCUT2D eigenvalue weighted by molar-refractivity contribution is 5.94. The maximum atomic E-state index is 11.8. The standard InChI is InChI=1S/C18H19NO3/c1-3-14-4-8-16(9-5-14)19-18(21)12-22-17-10-6-15(7-11-17)13(2)20/h4-11H,3,12H2,1-2H3,(H,19,21). The Morgan fingerprint density at radius 3 is 2.18 bits per heavy atom. The van der Waals surface area contributed by atoms with Gasteiger partial charge < -0.3 is 10.1 Å². The molecule has 0 aliphatic carbocycles. The topological polar surface area (TPSA) is 55.4 Å². The summed E-state index contributed by atoms with van der Waals surface area (Å²) in [6, 6.07) is 14.4. The van der Waals surface area contributed by atoms with E-state index in [1.165, 1.54) is 12.5 Å². The van der Waals surface area contributed by atoms with Crippen LogP contribution in [-0.2, 0) is 11.2 Å². The van der Waals surface area contributed by atoms with Crippen LogP contribution in [0.25, 0.3) is 0 Å². The minimum atomic E-state index is -0.222. The number of carbonyl (C=O) groups is 2. The van der Waals surface area contributed by atoms with Crippen LogP contribution in [0.2, 0.25) is 0 Å². The van der Waals surface area contributed by atoms with Crippen molar-refractivity contribution in [3.05, 3.63) is 59.7 Å². The maximum Gasteiger partial charge on any atom is 0.262 e. The van der Waals surface area contributed by atoms with Gasteiger partial charge in [0.05, 0.1) is 0 Å². The Balaban J connectivity index is 1.85. The number of nitrogens with one attached hydrogen (secondary N) is 1. The number of ether oxygens (including phenoxy) is 1. The summed E-state index contributed by atoms with van der Waals surface area (Å²) in [6.45, 7) is 3.51. The summed E-state index contributed by atoms with van der Waals surface area (Å²) in [6.07, 6.45) is 0.966. The Morgan fingerprint density at radius 2 is 1.64 bits per heavy atom. The summed E-state index contributed by atoms with van der Waals surface area (Å²) in [5.74, 6) is 0.334. The first-order valence-electron chi connectivity index (χ1n) is 7.21. The summed E-state index contributed by atoms with van der Waals surface area (Å²) in [4.78, 5) is 23.0. The molecule has 0 aliphatic rings. The number of anilines is 1. The van der Waals surface area contributed by atoms with Crippen molar-refractivity contribution >= 4 is 17.4 Å². The highest BCUT2D eigenvalue weighted by atomic mass is 16.5.